The third kappa shape index (κ3) is 4.13. The summed E-state index contributed by atoms with van der Waals surface area (Å²) in [7, 11) is 1.63. The van der Waals surface area contributed by atoms with Gasteiger partial charge in [-0.3, -0.25) is 10.1 Å². The van der Waals surface area contributed by atoms with Gasteiger partial charge in [0.1, 0.15) is 11.5 Å². The molecule has 0 unspecified atom stereocenters. The molecule has 0 radical (unpaired) electrons. The molecule has 0 fully saturated rings. The Bertz CT molecular complexity index is 1160. The summed E-state index contributed by atoms with van der Waals surface area (Å²) in [6, 6.07) is 13.2. The van der Waals surface area contributed by atoms with Crippen molar-refractivity contribution in [3.63, 3.8) is 0 Å². The van der Waals surface area contributed by atoms with Crippen LogP contribution in [0.2, 0.25) is 0 Å². The zero-order chi connectivity index (χ0) is 20.4. The lowest BCUT2D eigenvalue weighted by molar-refractivity contribution is 0.102. The maximum absolute atomic E-state index is 12.9. The maximum Gasteiger partial charge on any atom is 0.258 e. The Hall–Kier alpha value is -2.84. The van der Waals surface area contributed by atoms with Crippen molar-refractivity contribution >= 4 is 44.4 Å². The van der Waals surface area contributed by atoms with Crippen LogP contribution in [0.25, 0.3) is 10.2 Å². The first kappa shape index (κ1) is 19.5. The van der Waals surface area contributed by atoms with Crippen molar-refractivity contribution in [2.75, 3.05) is 12.4 Å². The van der Waals surface area contributed by atoms with Gasteiger partial charge in [0.25, 0.3) is 5.91 Å². The number of carbonyl (C=O) groups is 1. The summed E-state index contributed by atoms with van der Waals surface area (Å²) in [5, 5.41) is 7.48. The zero-order valence-corrected chi connectivity index (χ0v) is 17.8. The van der Waals surface area contributed by atoms with Gasteiger partial charge < -0.3 is 9.26 Å². The van der Waals surface area contributed by atoms with Crippen molar-refractivity contribution in [2.45, 2.75) is 24.5 Å². The number of aromatic nitrogens is 2. The van der Waals surface area contributed by atoms with Crippen LogP contribution in [0.5, 0.6) is 5.75 Å². The molecule has 0 saturated carbocycles. The van der Waals surface area contributed by atoms with Crippen molar-refractivity contribution < 1.29 is 14.1 Å². The van der Waals surface area contributed by atoms with E-state index in [1.165, 1.54) is 11.3 Å². The van der Waals surface area contributed by atoms with Gasteiger partial charge in [-0.1, -0.05) is 28.6 Å². The van der Waals surface area contributed by atoms with Crippen molar-refractivity contribution in [3.8, 4) is 5.75 Å². The Morgan fingerprint density at radius 2 is 2.07 bits per heavy atom. The lowest BCUT2D eigenvalue weighted by atomic mass is 10.2. The summed E-state index contributed by atoms with van der Waals surface area (Å²) >= 11 is 3.01. The van der Waals surface area contributed by atoms with E-state index in [0.717, 1.165) is 37.9 Å². The number of fused-ring (bicyclic) bond motifs is 1. The Balaban J connectivity index is 1.53. The lowest BCUT2D eigenvalue weighted by Gasteiger charge is -2.08. The average molecular weight is 426 g/mol. The highest BCUT2D eigenvalue weighted by Gasteiger charge is 2.16. The van der Waals surface area contributed by atoms with Crippen LogP contribution in [0.15, 0.2) is 51.9 Å². The number of hydrogen-bond donors (Lipinski definition) is 1. The Morgan fingerprint density at radius 1 is 1.24 bits per heavy atom. The topological polar surface area (TPSA) is 77.2 Å². The molecule has 29 heavy (non-hydrogen) atoms. The number of hydrogen-bond acceptors (Lipinski definition) is 7. The van der Waals surface area contributed by atoms with Crippen LogP contribution in [0.4, 0.5) is 5.13 Å². The van der Waals surface area contributed by atoms with E-state index in [2.05, 4.69) is 15.5 Å². The first-order chi connectivity index (χ1) is 14.0. The van der Waals surface area contributed by atoms with Gasteiger partial charge in [-0.15, -0.1) is 11.8 Å². The van der Waals surface area contributed by atoms with E-state index >= 15 is 0 Å². The molecule has 0 bridgehead atoms. The number of ether oxygens (including phenoxy) is 1. The van der Waals surface area contributed by atoms with Crippen LogP contribution in [-0.2, 0) is 5.75 Å². The fourth-order valence-electron chi connectivity index (χ4n) is 2.89. The number of rotatable bonds is 6. The molecule has 0 spiro atoms. The predicted molar refractivity (Wildman–Crippen MR) is 116 cm³/mol. The van der Waals surface area contributed by atoms with Gasteiger partial charge in [-0.2, -0.15) is 0 Å². The van der Waals surface area contributed by atoms with Crippen LogP contribution in [-0.4, -0.2) is 23.2 Å². The van der Waals surface area contributed by atoms with Crippen LogP contribution in [0, 0.1) is 13.8 Å². The Morgan fingerprint density at radius 3 is 2.83 bits per heavy atom. The molecule has 2 heterocycles. The largest absolute Gasteiger partial charge is 0.497 e. The molecule has 8 heteroatoms. The standard InChI is InChI=1S/C21H19N3O3S2/c1-12-16(13(2)27-24-12)11-28-18-7-5-4-6-15(18)20(25)23-21-22-17-9-8-14(26-3)10-19(17)29-21/h4-10H,11H2,1-3H3,(H,22,23,25). The van der Waals surface area contributed by atoms with E-state index in [1.807, 2.05) is 56.3 Å². The van der Waals surface area contributed by atoms with Gasteiger partial charge >= 0.3 is 0 Å². The molecular weight excluding hydrogens is 406 g/mol. The summed E-state index contributed by atoms with van der Waals surface area (Å²) in [6.07, 6.45) is 0. The number of methoxy groups -OCH3 is 1. The van der Waals surface area contributed by atoms with Crippen LogP contribution >= 0.6 is 23.1 Å². The molecule has 0 aliphatic rings. The third-order valence-corrected chi connectivity index (χ3v) is 6.53. The summed E-state index contributed by atoms with van der Waals surface area (Å²) in [5.41, 5.74) is 3.38. The van der Waals surface area contributed by atoms with E-state index < -0.39 is 0 Å². The predicted octanol–water partition coefficient (Wildman–Crippen LogP) is 5.45. The van der Waals surface area contributed by atoms with Crippen molar-refractivity contribution in [1.29, 1.82) is 0 Å². The van der Waals surface area contributed by atoms with E-state index in [-0.39, 0.29) is 5.91 Å². The number of amides is 1. The van der Waals surface area contributed by atoms with Gasteiger partial charge in [0.15, 0.2) is 5.13 Å². The molecule has 0 atom stereocenters. The lowest BCUT2D eigenvalue weighted by Crippen LogP contribution is -2.12. The molecule has 0 aliphatic heterocycles. The highest BCUT2D eigenvalue weighted by atomic mass is 32.2. The molecule has 2 aromatic heterocycles. The van der Waals surface area contributed by atoms with E-state index in [0.29, 0.717) is 16.4 Å². The molecular formula is C21H19N3O3S2. The second-order valence-electron chi connectivity index (χ2n) is 6.39. The van der Waals surface area contributed by atoms with Crippen molar-refractivity contribution in [2.24, 2.45) is 0 Å². The van der Waals surface area contributed by atoms with Gasteiger partial charge in [0, 0.05) is 16.2 Å². The summed E-state index contributed by atoms with van der Waals surface area (Å²) < 4.78 is 11.4. The highest BCUT2D eigenvalue weighted by molar-refractivity contribution is 7.98. The number of nitrogens with one attached hydrogen (secondary N) is 1. The van der Waals surface area contributed by atoms with Gasteiger partial charge in [-0.05, 0) is 44.2 Å². The normalized spacial score (nSPS) is 11.0. The number of nitrogens with zero attached hydrogens (tertiary/aromatic N) is 2. The average Bonchev–Trinajstić information content (AvgIpc) is 3.27. The van der Waals surface area contributed by atoms with E-state index in [4.69, 9.17) is 9.26 Å². The second kappa shape index (κ2) is 8.26. The molecule has 1 amide bonds. The quantitative estimate of drug-likeness (QED) is 0.414. The fourth-order valence-corrected chi connectivity index (χ4v) is 4.98. The molecule has 4 aromatic rings. The fraction of sp³-hybridized carbons (Fsp3) is 0.190. The zero-order valence-electron chi connectivity index (χ0n) is 16.2. The number of anilines is 1. The van der Waals surface area contributed by atoms with E-state index in [1.54, 1.807) is 18.9 Å². The number of benzene rings is 2. The molecule has 0 saturated heterocycles. The highest BCUT2D eigenvalue weighted by Crippen LogP contribution is 2.31. The summed E-state index contributed by atoms with van der Waals surface area (Å²) in [5.74, 6) is 2.08. The van der Waals surface area contributed by atoms with Crippen LogP contribution in [0.3, 0.4) is 0 Å². The number of aryl methyl sites for hydroxylation is 2. The minimum Gasteiger partial charge on any atom is -0.497 e. The first-order valence-electron chi connectivity index (χ1n) is 8.94. The maximum atomic E-state index is 12.9. The van der Waals surface area contributed by atoms with Crippen molar-refractivity contribution in [3.05, 3.63) is 65.0 Å². The van der Waals surface area contributed by atoms with Crippen LogP contribution in [0.1, 0.15) is 27.4 Å². The summed E-state index contributed by atoms with van der Waals surface area (Å²) in [6.45, 7) is 3.82. The minimum absolute atomic E-state index is 0.183. The van der Waals surface area contributed by atoms with Gasteiger partial charge in [0.2, 0.25) is 0 Å². The van der Waals surface area contributed by atoms with Crippen LogP contribution < -0.4 is 10.1 Å². The Labute approximate surface area is 176 Å². The molecule has 148 valence electrons. The number of thiazole rings is 1. The number of carbonyl (C=O) groups excluding carboxylic acids is 1. The molecule has 4 rings (SSSR count). The third-order valence-electron chi connectivity index (χ3n) is 4.50. The monoisotopic (exact) mass is 425 g/mol. The molecule has 2 aromatic carbocycles. The minimum atomic E-state index is -0.183. The molecule has 0 aliphatic carbocycles. The van der Waals surface area contributed by atoms with Gasteiger partial charge in [0.05, 0.1) is 28.6 Å². The van der Waals surface area contributed by atoms with E-state index in [9.17, 15) is 4.79 Å². The first-order valence-corrected chi connectivity index (χ1v) is 10.7. The van der Waals surface area contributed by atoms with Crippen molar-refractivity contribution in [1.82, 2.24) is 10.1 Å². The number of thioether (sulfide) groups is 1. The smallest absolute Gasteiger partial charge is 0.258 e. The molecule has 1 N–H and O–H groups in total. The second-order valence-corrected chi connectivity index (χ2v) is 8.44. The summed E-state index contributed by atoms with van der Waals surface area (Å²) in [4.78, 5) is 18.3. The van der Waals surface area contributed by atoms with Gasteiger partial charge in [-0.25, -0.2) is 4.98 Å². The Kier molecular flexibility index (Phi) is 5.55. The molecule has 6 nitrogen and oxygen atoms in total. The SMILES string of the molecule is COc1ccc2nc(NC(=O)c3ccccc3SCc3c(C)noc3C)sc2c1.